The van der Waals surface area contributed by atoms with Gasteiger partial charge in [0.1, 0.15) is 0 Å². The van der Waals surface area contributed by atoms with Crippen molar-refractivity contribution >= 4 is 33.4 Å². The number of benzene rings is 1. The summed E-state index contributed by atoms with van der Waals surface area (Å²) in [6.07, 6.45) is 1.95. The van der Waals surface area contributed by atoms with E-state index in [-0.39, 0.29) is 0 Å². The average molecular weight is 294 g/mol. The summed E-state index contributed by atoms with van der Waals surface area (Å²) >= 11 is 7.32. The molecule has 3 nitrogen and oxygen atoms in total. The maximum Gasteiger partial charge on any atom is 0.242 e. The summed E-state index contributed by atoms with van der Waals surface area (Å²) in [7, 11) is -1.79. The lowest BCUT2D eigenvalue weighted by atomic mass is 10.2. The van der Waals surface area contributed by atoms with E-state index >= 15 is 0 Å². The standard InChI is InChI=1S/C11H16ClNO2S2/c1-13(6-7-16-2)17(14,15)11-5-3-4-10(8-11)9-12/h3-5,8H,6-7,9H2,1-2H3. The van der Waals surface area contributed by atoms with Gasteiger partial charge in [-0.15, -0.1) is 11.6 Å². The van der Waals surface area contributed by atoms with E-state index in [0.29, 0.717) is 17.3 Å². The van der Waals surface area contributed by atoms with E-state index in [4.69, 9.17) is 11.6 Å². The largest absolute Gasteiger partial charge is 0.242 e. The van der Waals surface area contributed by atoms with Crippen LogP contribution in [0.5, 0.6) is 0 Å². The summed E-state index contributed by atoms with van der Waals surface area (Å²) in [5.41, 5.74) is 0.811. The summed E-state index contributed by atoms with van der Waals surface area (Å²) in [5, 5.41) is 0. The molecule has 0 aliphatic rings. The first-order chi connectivity index (χ1) is 8.02. The Bertz CT molecular complexity index is 462. The maximum atomic E-state index is 12.2. The van der Waals surface area contributed by atoms with Crippen molar-refractivity contribution in [1.82, 2.24) is 4.31 Å². The Morgan fingerprint density at radius 1 is 1.41 bits per heavy atom. The van der Waals surface area contributed by atoms with E-state index < -0.39 is 10.0 Å². The van der Waals surface area contributed by atoms with Gasteiger partial charge in [0.05, 0.1) is 4.90 Å². The number of halogens is 1. The normalized spacial score (nSPS) is 12.0. The van der Waals surface area contributed by atoms with Crippen LogP contribution in [0.15, 0.2) is 29.2 Å². The zero-order valence-electron chi connectivity index (χ0n) is 9.89. The Kier molecular flexibility index (Phi) is 5.79. The number of thioether (sulfide) groups is 1. The fourth-order valence-electron chi connectivity index (χ4n) is 1.31. The lowest BCUT2D eigenvalue weighted by molar-refractivity contribution is 0.488. The molecule has 0 spiro atoms. The SMILES string of the molecule is CSCCN(C)S(=O)(=O)c1cccc(CCl)c1. The van der Waals surface area contributed by atoms with Crippen molar-refractivity contribution in [2.75, 3.05) is 25.6 Å². The van der Waals surface area contributed by atoms with Crippen molar-refractivity contribution in [3.63, 3.8) is 0 Å². The molecule has 1 aromatic rings. The first kappa shape index (κ1) is 14.8. The molecule has 1 aromatic carbocycles. The van der Waals surface area contributed by atoms with Crippen molar-refractivity contribution in [2.45, 2.75) is 10.8 Å². The summed E-state index contributed by atoms with van der Waals surface area (Å²) < 4.78 is 25.7. The fraction of sp³-hybridized carbons (Fsp3) is 0.455. The van der Waals surface area contributed by atoms with Crippen LogP contribution in [-0.4, -0.2) is 38.3 Å². The average Bonchev–Trinajstić information content (AvgIpc) is 2.35. The van der Waals surface area contributed by atoms with E-state index in [9.17, 15) is 8.42 Å². The Labute approximate surface area is 112 Å². The molecule has 96 valence electrons. The zero-order chi connectivity index (χ0) is 12.9. The van der Waals surface area contributed by atoms with Gasteiger partial charge in [0.15, 0.2) is 0 Å². The van der Waals surface area contributed by atoms with Crippen molar-refractivity contribution in [2.24, 2.45) is 0 Å². The van der Waals surface area contributed by atoms with Gasteiger partial charge in [0.2, 0.25) is 10.0 Å². The number of rotatable bonds is 6. The monoisotopic (exact) mass is 293 g/mol. The van der Waals surface area contributed by atoms with Crippen LogP contribution in [0.3, 0.4) is 0 Å². The second kappa shape index (κ2) is 6.64. The minimum absolute atomic E-state index is 0.305. The molecule has 0 heterocycles. The molecule has 0 atom stereocenters. The molecule has 0 N–H and O–H groups in total. The molecule has 0 aliphatic carbocycles. The molecule has 1 rings (SSSR count). The molecule has 0 amide bonds. The predicted molar refractivity (Wildman–Crippen MR) is 74.2 cm³/mol. The molecule has 0 aromatic heterocycles. The fourth-order valence-corrected chi connectivity index (χ4v) is 3.29. The third-order valence-corrected chi connectivity index (χ3v) is 5.12. The first-order valence-corrected chi connectivity index (χ1v) is 8.49. The van der Waals surface area contributed by atoms with E-state index in [1.807, 2.05) is 12.3 Å². The molecule has 0 fully saturated rings. The van der Waals surface area contributed by atoms with Crippen LogP contribution < -0.4 is 0 Å². The highest BCUT2D eigenvalue weighted by Gasteiger charge is 2.20. The van der Waals surface area contributed by atoms with Crippen LogP contribution in [0, 0.1) is 0 Å². The van der Waals surface area contributed by atoms with Crippen LogP contribution in [-0.2, 0) is 15.9 Å². The van der Waals surface area contributed by atoms with Gasteiger partial charge in [-0.3, -0.25) is 0 Å². The van der Waals surface area contributed by atoms with Crippen LogP contribution >= 0.6 is 23.4 Å². The predicted octanol–water partition coefficient (Wildman–Crippen LogP) is 2.41. The third-order valence-electron chi connectivity index (χ3n) is 2.37. The topological polar surface area (TPSA) is 37.4 Å². The molecule has 6 heteroatoms. The molecular weight excluding hydrogens is 278 g/mol. The summed E-state index contributed by atoms with van der Waals surface area (Å²) in [6.45, 7) is 0.509. The second-order valence-electron chi connectivity index (χ2n) is 3.60. The Morgan fingerprint density at radius 2 is 2.12 bits per heavy atom. The highest BCUT2D eigenvalue weighted by Crippen LogP contribution is 2.17. The second-order valence-corrected chi connectivity index (χ2v) is 6.90. The van der Waals surface area contributed by atoms with Gasteiger partial charge >= 0.3 is 0 Å². The summed E-state index contributed by atoms with van der Waals surface area (Å²) in [6, 6.07) is 6.75. The highest BCUT2D eigenvalue weighted by atomic mass is 35.5. The van der Waals surface area contributed by atoms with E-state index in [2.05, 4.69) is 0 Å². The van der Waals surface area contributed by atoms with Crippen LogP contribution in [0.25, 0.3) is 0 Å². The van der Waals surface area contributed by atoms with Crippen molar-refractivity contribution in [3.05, 3.63) is 29.8 Å². The molecule has 0 unspecified atom stereocenters. The van der Waals surface area contributed by atoms with Gasteiger partial charge in [-0.25, -0.2) is 12.7 Å². The third kappa shape index (κ3) is 3.88. The number of nitrogens with zero attached hydrogens (tertiary/aromatic N) is 1. The lowest BCUT2D eigenvalue weighted by Gasteiger charge is -2.16. The summed E-state index contributed by atoms with van der Waals surface area (Å²) in [4.78, 5) is 0.305. The van der Waals surface area contributed by atoms with Crippen LogP contribution in [0.4, 0.5) is 0 Å². The smallest absolute Gasteiger partial charge is 0.207 e. The summed E-state index contributed by atoms with van der Waals surface area (Å²) in [5.74, 6) is 1.10. The number of hydrogen-bond acceptors (Lipinski definition) is 3. The van der Waals surface area contributed by atoms with Crippen molar-refractivity contribution in [3.8, 4) is 0 Å². The van der Waals surface area contributed by atoms with E-state index in [0.717, 1.165) is 11.3 Å². The number of alkyl halides is 1. The van der Waals surface area contributed by atoms with Crippen molar-refractivity contribution < 1.29 is 8.42 Å². The van der Waals surface area contributed by atoms with Gasteiger partial charge in [-0.05, 0) is 24.0 Å². The Balaban J connectivity index is 2.95. The minimum atomic E-state index is -3.38. The zero-order valence-corrected chi connectivity index (χ0v) is 12.3. The molecular formula is C11H16ClNO2S2. The van der Waals surface area contributed by atoms with Crippen LogP contribution in [0.1, 0.15) is 5.56 Å². The molecule has 0 bridgehead atoms. The van der Waals surface area contributed by atoms with Gasteiger partial charge in [0.25, 0.3) is 0 Å². The molecule has 0 saturated heterocycles. The number of hydrogen-bond donors (Lipinski definition) is 0. The minimum Gasteiger partial charge on any atom is -0.207 e. The molecule has 0 saturated carbocycles. The first-order valence-electron chi connectivity index (χ1n) is 5.12. The van der Waals surface area contributed by atoms with Gasteiger partial charge in [-0.1, -0.05) is 12.1 Å². The van der Waals surface area contributed by atoms with Crippen molar-refractivity contribution in [1.29, 1.82) is 0 Å². The Morgan fingerprint density at radius 3 is 2.71 bits per heavy atom. The molecule has 17 heavy (non-hydrogen) atoms. The molecule has 0 aliphatic heterocycles. The Hall–Kier alpha value is -0.230. The van der Waals surface area contributed by atoms with E-state index in [1.165, 1.54) is 4.31 Å². The van der Waals surface area contributed by atoms with Crippen LogP contribution in [0.2, 0.25) is 0 Å². The van der Waals surface area contributed by atoms with Gasteiger partial charge < -0.3 is 0 Å². The van der Waals surface area contributed by atoms with Gasteiger partial charge in [0, 0.05) is 25.2 Å². The van der Waals surface area contributed by atoms with E-state index in [1.54, 1.807) is 37.0 Å². The highest BCUT2D eigenvalue weighted by molar-refractivity contribution is 7.98. The lowest BCUT2D eigenvalue weighted by Crippen LogP contribution is -2.29. The molecule has 0 radical (unpaired) electrons. The maximum absolute atomic E-state index is 12.2. The van der Waals surface area contributed by atoms with Gasteiger partial charge in [-0.2, -0.15) is 11.8 Å². The number of sulfonamides is 1. The quantitative estimate of drug-likeness (QED) is 0.756.